The highest BCUT2D eigenvalue weighted by molar-refractivity contribution is 6.21. The lowest BCUT2D eigenvalue weighted by Crippen LogP contribution is -1.96. The first kappa shape index (κ1) is 13.2. The van der Waals surface area contributed by atoms with Crippen molar-refractivity contribution in [3.8, 4) is 0 Å². The first-order valence-electron chi connectivity index (χ1n) is 4.89. The molecule has 0 amide bonds. The second-order valence-corrected chi connectivity index (χ2v) is 3.59. The maximum atomic E-state index is 9.92. The summed E-state index contributed by atoms with van der Waals surface area (Å²) in [4.78, 5) is 19.8. The molecule has 0 bridgehead atoms. The summed E-state index contributed by atoms with van der Waals surface area (Å²) >= 11 is 5.87. The van der Waals surface area contributed by atoms with E-state index in [1.165, 1.54) is 0 Å². The third-order valence-electron chi connectivity index (χ3n) is 1.88. The number of carbonyl (C=O) groups is 2. The number of cyclic esters (lactones) is 2. The molecule has 1 aliphatic rings. The molecular formula is C13H11ClO3. The second-order valence-electron chi connectivity index (χ2n) is 3.12. The lowest BCUT2D eigenvalue weighted by atomic mass is 10.1. The number of hydrogen-bond donors (Lipinski definition) is 0. The summed E-state index contributed by atoms with van der Waals surface area (Å²) in [7, 11) is 0. The Morgan fingerprint density at radius 3 is 2.00 bits per heavy atom. The van der Waals surface area contributed by atoms with E-state index >= 15 is 0 Å². The van der Waals surface area contributed by atoms with Crippen LogP contribution in [-0.2, 0) is 14.3 Å². The Morgan fingerprint density at radius 2 is 1.65 bits per heavy atom. The van der Waals surface area contributed by atoms with E-state index in [1.54, 1.807) is 6.08 Å². The first-order chi connectivity index (χ1) is 8.13. The molecule has 0 spiro atoms. The highest BCUT2D eigenvalue weighted by Gasteiger charge is 2.10. The molecule has 4 heteroatoms. The Balaban J connectivity index is 0.000000181. The molecule has 0 saturated carbocycles. The molecule has 0 radical (unpaired) electrons. The molecule has 17 heavy (non-hydrogen) atoms. The molecule has 1 aliphatic heterocycles. The van der Waals surface area contributed by atoms with Gasteiger partial charge in [0.05, 0.1) is 5.38 Å². The maximum absolute atomic E-state index is 9.92. The van der Waals surface area contributed by atoms with E-state index in [9.17, 15) is 9.59 Å². The number of carbonyl (C=O) groups excluding carboxylic acids is 2. The monoisotopic (exact) mass is 250 g/mol. The van der Waals surface area contributed by atoms with Crippen LogP contribution in [0.1, 0.15) is 10.9 Å². The van der Waals surface area contributed by atoms with E-state index < -0.39 is 11.9 Å². The number of esters is 2. The zero-order chi connectivity index (χ0) is 12.7. The Hall–Kier alpha value is -1.87. The Kier molecular flexibility index (Phi) is 5.17. The van der Waals surface area contributed by atoms with E-state index in [0.717, 1.165) is 17.7 Å². The Labute approximate surface area is 104 Å². The number of alkyl halides is 1. The van der Waals surface area contributed by atoms with Gasteiger partial charge in [-0.3, -0.25) is 0 Å². The van der Waals surface area contributed by atoms with Gasteiger partial charge in [0.15, 0.2) is 0 Å². The van der Waals surface area contributed by atoms with E-state index in [2.05, 4.69) is 11.3 Å². The van der Waals surface area contributed by atoms with E-state index in [1.807, 2.05) is 30.3 Å². The van der Waals surface area contributed by atoms with Crippen LogP contribution >= 0.6 is 11.6 Å². The second kappa shape index (κ2) is 6.66. The number of halogens is 1. The van der Waals surface area contributed by atoms with Crippen molar-refractivity contribution in [1.82, 2.24) is 0 Å². The number of benzene rings is 1. The molecule has 0 saturated heterocycles. The van der Waals surface area contributed by atoms with Gasteiger partial charge >= 0.3 is 11.9 Å². The van der Waals surface area contributed by atoms with Gasteiger partial charge in [0.25, 0.3) is 0 Å². The first-order valence-corrected chi connectivity index (χ1v) is 5.32. The maximum Gasteiger partial charge on any atom is 0.338 e. The minimum Gasteiger partial charge on any atom is -0.387 e. The van der Waals surface area contributed by atoms with Crippen molar-refractivity contribution in [2.24, 2.45) is 0 Å². The predicted molar refractivity (Wildman–Crippen MR) is 65.5 cm³/mol. The molecule has 1 atom stereocenters. The molecule has 88 valence electrons. The normalized spacial score (nSPS) is 14.6. The number of hydrogen-bond acceptors (Lipinski definition) is 3. The van der Waals surface area contributed by atoms with Crippen molar-refractivity contribution >= 4 is 23.5 Å². The van der Waals surface area contributed by atoms with E-state index in [4.69, 9.17) is 11.6 Å². The lowest BCUT2D eigenvalue weighted by molar-refractivity contribution is -0.150. The summed E-state index contributed by atoms with van der Waals surface area (Å²) in [6.07, 6.45) is 3.89. The van der Waals surface area contributed by atoms with Gasteiger partial charge in [-0.1, -0.05) is 36.4 Å². The van der Waals surface area contributed by atoms with Crippen molar-refractivity contribution in [1.29, 1.82) is 0 Å². The zero-order valence-corrected chi connectivity index (χ0v) is 9.76. The molecule has 0 fully saturated rings. The molecule has 1 aromatic rings. The average molecular weight is 251 g/mol. The summed E-state index contributed by atoms with van der Waals surface area (Å²) in [5.74, 6) is -1.16. The molecular weight excluding hydrogens is 240 g/mol. The van der Waals surface area contributed by atoms with Crippen LogP contribution < -0.4 is 0 Å². The van der Waals surface area contributed by atoms with Gasteiger partial charge in [0, 0.05) is 12.2 Å². The standard InChI is InChI=1S/C9H9Cl.C4H2O3/c1-2-9(10)8-6-4-3-5-7-8;5-3-1-2-4(6)7-3/h2-7,9H,1H2;1-2H. The Morgan fingerprint density at radius 1 is 1.12 bits per heavy atom. The molecule has 0 aliphatic carbocycles. The molecule has 3 nitrogen and oxygen atoms in total. The van der Waals surface area contributed by atoms with Crippen molar-refractivity contribution in [3.05, 3.63) is 60.7 Å². The highest BCUT2D eigenvalue weighted by Crippen LogP contribution is 2.19. The number of allylic oxidation sites excluding steroid dienone is 1. The topological polar surface area (TPSA) is 43.4 Å². The fourth-order valence-electron chi connectivity index (χ4n) is 1.08. The number of rotatable bonds is 2. The van der Waals surface area contributed by atoms with Crippen molar-refractivity contribution in [2.75, 3.05) is 0 Å². The summed E-state index contributed by atoms with van der Waals surface area (Å²) in [6, 6.07) is 9.87. The molecule has 2 rings (SSSR count). The fraction of sp³-hybridized carbons (Fsp3) is 0.0769. The third-order valence-corrected chi connectivity index (χ3v) is 2.31. The molecule has 0 N–H and O–H groups in total. The van der Waals surface area contributed by atoms with Gasteiger partial charge in [0.2, 0.25) is 0 Å². The minimum absolute atomic E-state index is 0.0544. The van der Waals surface area contributed by atoms with Crippen LogP contribution in [0.25, 0.3) is 0 Å². The summed E-state index contributed by atoms with van der Waals surface area (Å²) < 4.78 is 3.97. The molecule has 1 unspecified atom stereocenters. The van der Waals surface area contributed by atoms with Gasteiger partial charge in [0.1, 0.15) is 0 Å². The smallest absolute Gasteiger partial charge is 0.338 e. The van der Waals surface area contributed by atoms with E-state index in [-0.39, 0.29) is 5.38 Å². The summed E-state index contributed by atoms with van der Waals surface area (Å²) in [6.45, 7) is 3.61. The summed E-state index contributed by atoms with van der Waals surface area (Å²) in [5, 5.41) is -0.0544. The number of ether oxygens (including phenoxy) is 1. The van der Waals surface area contributed by atoms with Crippen molar-refractivity contribution in [2.45, 2.75) is 5.38 Å². The summed E-state index contributed by atoms with van der Waals surface area (Å²) in [5.41, 5.74) is 1.10. The largest absolute Gasteiger partial charge is 0.387 e. The van der Waals surface area contributed by atoms with Crippen LogP contribution in [0, 0.1) is 0 Å². The van der Waals surface area contributed by atoms with Gasteiger partial charge in [-0.15, -0.1) is 18.2 Å². The third kappa shape index (κ3) is 4.66. The zero-order valence-electron chi connectivity index (χ0n) is 9.01. The van der Waals surface area contributed by atoms with Gasteiger partial charge in [-0.2, -0.15) is 0 Å². The van der Waals surface area contributed by atoms with Crippen LogP contribution in [0.5, 0.6) is 0 Å². The fourth-order valence-corrected chi connectivity index (χ4v) is 1.22. The lowest BCUT2D eigenvalue weighted by Gasteiger charge is -2.01. The van der Waals surface area contributed by atoms with Crippen LogP contribution in [0.4, 0.5) is 0 Å². The van der Waals surface area contributed by atoms with Crippen LogP contribution in [0.3, 0.4) is 0 Å². The molecule has 0 aromatic heterocycles. The van der Waals surface area contributed by atoms with Crippen LogP contribution in [0.2, 0.25) is 0 Å². The van der Waals surface area contributed by atoms with Crippen molar-refractivity contribution in [3.63, 3.8) is 0 Å². The van der Waals surface area contributed by atoms with Crippen LogP contribution in [-0.4, -0.2) is 11.9 Å². The molecule has 1 aromatic carbocycles. The van der Waals surface area contributed by atoms with Crippen molar-refractivity contribution < 1.29 is 14.3 Å². The van der Waals surface area contributed by atoms with Gasteiger partial charge < -0.3 is 4.74 Å². The van der Waals surface area contributed by atoms with Gasteiger partial charge in [-0.25, -0.2) is 9.59 Å². The quantitative estimate of drug-likeness (QED) is 0.351. The van der Waals surface area contributed by atoms with E-state index in [0.29, 0.717) is 0 Å². The van der Waals surface area contributed by atoms with Crippen LogP contribution in [0.15, 0.2) is 55.1 Å². The SMILES string of the molecule is C=CC(Cl)c1ccccc1.O=C1C=CC(=O)O1. The minimum atomic E-state index is -0.579. The highest BCUT2D eigenvalue weighted by atomic mass is 35.5. The Bertz CT molecular complexity index is 421. The van der Waals surface area contributed by atoms with Gasteiger partial charge in [-0.05, 0) is 5.56 Å². The molecule has 1 heterocycles. The average Bonchev–Trinajstić information content (AvgIpc) is 2.74. The predicted octanol–water partition coefficient (Wildman–Crippen LogP) is 2.78.